The SMILES string of the molecule is O=C1O[C@H]2CCN(Cc3ccccc3)C[C@H]2S1. The lowest BCUT2D eigenvalue weighted by atomic mass is 10.1. The summed E-state index contributed by atoms with van der Waals surface area (Å²) in [4.78, 5) is 13.6. The van der Waals surface area contributed by atoms with E-state index < -0.39 is 0 Å². The first-order valence-electron chi connectivity index (χ1n) is 5.95. The Bertz CT molecular complexity index is 409. The minimum Gasteiger partial charge on any atom is -0.453 e. The molecule has 0 aromatic heterocycles. The average molecular weight is 249 g/mol. The number of ether oxygens (including phenoxy) is 1. The minimum absolute atomic E-state index is 0.0958. The normalized spacial score (nSPS) is 28.8. The molecule has 17 heavy (non-hydrogen) atoms. The van der Waals surface area contributed by atoms with Crippen LogP contribution < -0.4 is 0 Å². The van der Waals surface area contributed by atoms with Crippen LogP contribution in [0.5, 0.6) is 0 Å². The lowest BCUT2D eigenvalue weighted by molar-refractivity contribution is 0.0805. The van der Waals surface area contributed by atoms with Gasteiger partial charge in [-0.05, 0) is 23.7 Å². The molecule has 2 heterocycles. The van der Waals surface area contributed by atoms with Gasteiger partial charge >= 0.3 is 5.30 Å². The molecule has 3 rings (SSSR count). The van der Waals surface area contributed by atoms with Crippen LogP contribution in [0.1, 0.15) is 12.0 Å². The monoisotopic (exact) mass is 249 g/mol. The number of hydrogen-bond donors (Lipinski definition) is 0. The molecule has 90 valence electrons. The highest BCUT2D eigenvalue weighted by Crippen LogP contribution is 2.34. The maximum atomic E-state index is 11.2. The van der Waals surface area contributed by atoms with E-state index in [4.69, 9.17) is 4.74 Å². The van der Waals surface area contributed by atoms with Crippen molar-refractivity contribution in [1.82, 2.24) is 4.90 Å². The van der Waals surface area contributed by atoms with Crippen molar-refractivity contribution in [2.24, 2.45) is 0 Å². The summed E-state index contributed by atoms with van der Waals surface area (Å²) in [5.74, 6) is 0. The van der Waals surface area contributed by atoms with Crippen molar-refractivity contribution < 1.29 is 9.53 Å². The number of benzene rings is 1. The van der Waals surface area contributed by atoms with Gasteiger partial charge < -0.3 is 4.74 Å². The van der Waals surface area contributed by atoms with E-state index >= 15 is 0 Å². The Kier molecular flexibility index (Phi) is 3.07. The Morgan fingerprint density at radius 2 is 2.18 bits per heavy atom. The predicted molar refractivity (Wildman–Crippen MR) is 68.0 cm³/mol. The predicted octanol–water partition coefficient (Wildman–Crippen LogP) is 2.51. The van der Waals surface area contributed by atoms with Crippen molar-refractivity contribution in [2.45, 2.75) is 24.3 Å². The smallest absolute Gasteiger partial charge is 0.368 e. The van der Waals surface area contributed by atoms with Crippen LogP contribution in [0, 0.1) is 0 Å². The third kappa shape index (κ3) is 2.48. The van der Waals surface area contributed by atoms with Crippen LogP contribution >= 0.6 is 11.8 Å². The van der Waals surface area contributed by atoms with Gasteiger partial charge in [0, 0.05) is 19.6 Å². The van der Waals surface area contributed by atoms with Crippen molar-refractivity contribution >= 4 is 17.1 Å². The number of piperidine rings is 1. The fourth-order valence-corrected chi connectivity index (χ4v) is 3.52. The molecule has 0 unspecified atom stereocenters. The molecule has 1 aromatic carbocycles. The van der Waals surface area contributed by atoms with Crippen molar-refractivity contribution in [3.05, 3.63) is 35.9 Å². The van der Waals surface area contributed by atoms with E-state index in [2.05, 4.69) is 29.2 Å². The molecule has 3 nitrogen and oxygen atoms in total. The molecule has 4 heteroatoms. The Labute approximate surface area is 105 Å². The zero-order valence-electron chi connectivity index (χ0n) is 9.54. The van der Waals surface area contributed by atoms with Crippen molar-refractivity contribution in [1.29, 1.82) is 0 Å². The first-order valence-corrected chi connectivity index (χ1v) is 6.83. The Morgan fingerprint density at radius 3 is 3.00 bits per heavy atom. The number of hydrogen-bond acceptors (Lipinski definition) is 4. The van der Waals surface area contributed by atoms with E-state index in [-0.39, 0.29) is 11.4 Å². The fourth-order valence-electron chi connectivity index (χ4n) is 2.47. The second-order valence-electron chi connectivity index (χ2n) is 4.57. The summed E-state index contributed by atoms with van der Waals surface area (Å²) in [7, 11) is 0. The van der Waals surface area contributed by atoms with Crippen LogP contribution in [0.4, 0.5) is 4.79 Å². The molecule has 0 N–H and O–H groups in total. The number of likely N-dealkylation sites (tertiary alicyclic amines) is 1. The van der Waals surface area contributed by atoms with Gasteiger partial charge in [0.15, 0.2) is 0 Å². The molecule has 0 radical (unpaired) electrons. The van der Waals surface area contributed by atoms with Gasteiger partial charge in [0.25, 0.3) is 0 Å². The van der Waals surface area contributed by atoms with Gasteiger partial charge in [-0.3, -0.25) is 4.90 Å². The summed E-state index contributed by atoms with van der Waals surface area (Å²) >= 11 is 1.36. The lowest BCUT2D eigenvalue weighted by Crippen LogP contribution is -2.42. The first kappa shape index (κ1) is 11.1. The second kappa shape index (κ2) is 4.70. The van der Waals surface area contributed by atoms with Crippen molar-refractivity contribution in [2.75, 3.05) is 13.1 Å². The topological polar surface area (TPSA) is 29.5 Å². The highest BCUT2D eigenvalue weighted by atomic mass is 32.2. The number of carbonyl (C=O) groups is 1. The molecule has 0 spiro atoms. The molecule has 2 aliphatic rings. The highest BCUT2D eigenvalue weighted by molar-refractivity contribution is 8.14. The third-order valence-corrected chi connectivity index (χ3v) is 4.37. The molecule has 0 saturated carbocycles. The van der Waals surface area contributed by atoms with E-state index in [9.17, 15) is 4.79 Å². The molecular weight excluding hydrogens is 234 g/mol. The summed E-state index contributed by atoms with van der Waals surface area (Å²) < 4.78 is 5.26. The molecular formula is C13H15NO2S. The van der Waals surface area contributed by atoms with Gasteiger partial charge in [0.2, 0.25) is 0 Å². The Balaban J connectivity index is 1.61. The standard InChI is InChI=1S/C13H15NO2S/c15-13-16-11-6-7-14(9-12(11)17-13)8-10-4-2-1-3-5-10/h1-5,11-12H,6-9H2/t11-,12+/m0/s1. The van der Waals surface area contributed by atoms with Gasteiger partial charge in [-0.1, -0.05) is 30.3 Å². The molecule has 2 saturated heterocycles. The van der Waals surface area contributed by atoms with Gasteiger partial charge in [-0.25, -0.2) is 4.79 Å². The zero-order valence-corrected chi connectivity index (χ0v) is 10.4. The largest absolute Gasteiger partial charge is 0.453 e. The fraction of sp³-hybridized carbons (Fsp3) is 0.462. The summed E-state index contributed by atoms with van der Waals surface area (Å²) in [6.07, 6.45) is 1.12. The van der Waals surface area contributed by atoms with E-state index in [0.29, 0.717) is 5.25 Å². The summed E-state index contributed by atoms with van der Waals surface area (Å²) in [6, 6.07) is 10.5. The van der Waals surface area contributed by atoms with Gasteiger partial charge in [-0.15, -0.1) is 0 Å². The second-order valence-corrected chi connectivity index (χ2v) is 5.75. The van der Waals surface area contributed by atoms with E-state index in [1.54, 1.807) is 0 Å². The maximum absolute atomic E-state index is 11.2. The third-order valence-electron chi connectivity index (χ3n) is 3.33. The first-order chi connectivity index (χ1) is 8.31. The van der Waals surface area contributed by atoms with Crippen LogP contribution in [0.3, 0.4) is 0 Å². The van der Waals surface area contributed by atoms with Crippen LogP contribution in [0.15, 0.2) is 30.3 Å². The van der Waals surface area contributed by atoms with Gasteiger partial charge in [-0.2, -0.15) is 0 Å². The van der Waals surface area contributed by atoms with Gasteiger partial charge in [0.05, 0.1) is 5.25 Å². The molecule has 2 atom stereocenters. The Hall–Kier alpha value is -1.00. The summed E-state index contributed by atoms with van der Waals surface area (Å²) in [5.41, 5.74) is 1.33. The molecule has 0 bridgehead atoms. The van der Waals surface area contributed by atoms with E-state index in [0.717, 1.165) is 26.1 Å². The van der Waals surface area contributed by atoms with Crippen molar-refractivity contribution in [3.8, 4) is 0 Å². The van der Waals surface area contributed by atoms with Crippen LogP contribution in [0.2, 0.25) is 0 Å². The molecule has 0 amide bonds. The zero-order chi connectivity index (χ0) is 11.7. The van der Waals surface area contributed by atoms with E-state index in [1.165, 1.54) is 17.3 Å². The number of fused-ring (bicyclic) bond motifs is 1. The van der Waals surface area contributed by atoms with Crippen LogP contribution in [0.25, 0.3) is 0 Å². The Morgan fingerprint density at radius 1 is 1.35 bits per heavy atom. The number of nitrogens with zero attached hydrogens (tertiary/aromatic N) is 1. The number of carbonyl (C=O) groups excluding carboxylic acids is 1. The number of thioether (sulfide) groups is 1. The summed E-state index contributed by atoms with van der Waals surface area (Å²) in [6.45, 7) is 2.94. The quantitative estimate of drug-likeness (QED) is 0.753. The van der Waals surface area contributed by atoms with Crippen LogP contribution in [-0.4, -0.2) is 34.6 Å². The van der Waals surface area contributed by atoms with Gasteiger partial charge in [0.1, 0.15) is 6.10 Å². The molecule has 1 aromatic rings. The lowest BCUT2D eigenvalue weighted by Gasteiger charge is -2.32. The molecule has 2 aliphatic heterocycles. The summed E-state index contributed by atoms with van der Waals surface area (Å²) in [5, 5.41) is 0.238. The van der Waals surface area contributed by atoms with Crippen LogP contribution in [-0.2, 0) is 11.3 Å². The molecule has 0 aliphatic carbocycles. The number of rotatable bonds is 2. The highest BCUT2D eigenvalue weighted by Gasteiger charge is 2.39. The molecule has 2 fully saturated rings. The van der Waals surface area contributed by atoms with Crippen molar-refractivity contribution in [3.63, 3.8) is 0 Å². The minimum atomic E-state index is -0.0958. The maximum Gasteiger partial charge on any atom is 0.368 e. The average Bonchev–Trinajstić information content (AvgIpc) is 2.70. The van der Waals surface area contributed by atoms with E-state index in [1.807, 2.05) is 6.07 Å².